The van der Waals surface area contributed by atoms with Crippen LogP contribution >= 0.6 is 0 Å². The van der Waals surface area contributed by atoms with Crippen LogP contribution in [0.1, 0.15) is 0 Å². The molecular formula is C10H12NO. The highest BCUT2D eigenvalue weighted by molar-refractivity contribution is 5.45. The second-order valence-corrected chi connectivity index (χ2v) is 2.32. The normalized spacial score (nSPS) is 9.08. The number of benzene rings is 1. The molecule has 1 aromatic rings. The van der Waals surface area contributed by atoms with Gasteiger partial charge in [-0.1, -0.05) is 6.08 Å². The highest BCUT2D eigenvalue weighted by Crippen LogP contribution is 2.13. The maximum absolute atomic E-state index is 4.97. The Balaban J connectivity index is 2.58. The van der Waals surface area contributed by atoms with Gasteiger partial charge in [0.15, 0.2) is 0 Å². The van der Waals surface area contributed by atoms with Crippen molar-refractivity contribution < 1.29 is 4.74 Å². The number of rotatable bonds is 4. The van der Waals surface area contributed by atoms with Gasteiger partial charge < -0.3 is 10.1 Å². The van der Waals surface area contributed by atoms with E-state index < -0.39 is 0 Å². The molecule has 0 fully saturated rings. The third-order valence-corrected chi connectivity index (χ3v) is 1.45. The minimum atomic E-state index is 0.749. The van der Waals surface area contributed by atoms with E-state index in [4.69, 9.17) is 4.74 Å². The molecule has 0 aliphatic heterocycles. The summed E-state index contributed by atoms with van der Waals surface area (Å²) in [4.78, 5) is 0. The number of methoxy groups -OCH3 is 1. The van der Waals surface area contributed by atoms with Gasteiger partial charge in [0.1, 0.15) is 5.75 Å². The fourth-order valence-electron chi connectivity index (χ4n) is 0.838. The van der Waals surface area contributed by atoms with E-state index in [-0.39, 0.29) is 0 Å². The Morgan fingerprint density at radius 1 is 1.67 bits per heavy atom. The van der Waals surface area contributed by atoms with Crippen molar-refractivity contribution in [2.75, 3.05) is 19.0 Å². The van der Waals surface area contributed by atoms with E-state index in [1.165, 1.54) is 0 Å². The van der Waals surface area contributed by atoms with Crippen LogP contribution in [0, 0.1) is 6.07 Å². The van der Waals surface area contributed by atoms with Crippen LogP contribution in [0.25, 0.3) is 0 Å². The lowest BCUT2D eigenvalue weighted by atomic mass is 10.3. The van der Waals surface area contributed by atoms with Crippen molar-refractivity contribution in [3.05, 3.63) is 36.9 Å². The van der Waals surface area contributed by atoms with Gasteiger partial charge in [0.2, 0.25) is 0 Å². The second kappa shape index (κ2) is 4.44. The van der Waals surface area contributed by atoms with Crippen molar-refractivity contribution in [3.63, 3.8) is 0 Å². The Labute approximate surface area is 72.9 Å². The summed E-state index contributed by atoms with van der Waals surface area (Å²) >= 11 is 0. The van der Waals surface area contributed by atoms with Gasteiger partial charge in [-0.25, -0.2) is 0 Å². The van der Waals surface area contributed by atoms with Crippen molar-refractivity contribution in [2.45, 2.75) is 0 Å². The van der Waals surface area contributed by atoms with Crippen molar-refractivity contribution in [3.8, 4) is 5.75 Å². The van der Waals surface area contributed by atoms with E-state index in [1.807, 2.05) is 24.3 Å². The van der Waals surface area contributed by atoms with Crippen LogP contribution in [0.2, 0.25) is 0 Å². The first kappa shape index (κ1) is 8.65. The molecule has 0 aliphatic rings. The van der Waals surface area contributed by atoms with Gasteiger partial charge in [-0.15, -0.1) is 6.58 Å². The molecule has 2 nitrogen and oxygen atoms in total. The maximum Gasteiger partial charge on any atom is 0.126 e. The molecule has 0 spiro atoms. The van der Waals surface area contributed by atoms with Gasteiger partial charge in [-0.3, -0.25) is 0 Å². The lowest BCUT2D eigenvalue weighted by Crippen LogP contribution is -1.96. The van der Waals surface area contributed by atoms with Gasteiger partial charge in [0, 0.05) is 18.3 Å². The fraction of sp³-hybridized carbons (Fsp3) is 0.200. The van der Waals surface area contributed by atoms with E-state index in [2.05, 4.69) is 18.0 Å². The monoisotopic (exact) mass is 162 g/mol. The molecule has 1 aromatic carbocycles. The van der Waals surface area contributed by atoms with Crippen molar-refractivity contribution in [1.82, 2.24) is 0 Å². The Morgan fingerprint density at radius 3 is 3.00 bits per heavy atom. The van der Waals surface area contributed by atoms with Crippen LogP contribution in [0.4, 0.5) is 5.69 Å². The second-order valence-electron chi connectivity index (χ2n) is 2.32. The van der Waals surface area contributed by atoms with Crippen LogP contribution in [0.3, 0.4) is 0 Å². The number of nitrogens with one attached hydrogen (secondary N) is 1. The van der Waals surface area contributed by atoms with Gasteiger partial charge in [0.25, 0.3) is 0 Å². The van der Waals surface area contributed by atoms with E-state index in [9.17, 15) is 0 Å². The van der Waals surface area contributed by atoms with Gasteiger partial charge in [-0.05, 0) is 18.2 Å². The van der Waals surface area contributed by atoms with Crippen molar-refractivity contribution >= 4 is 5.69 Å². The van der Waals surface area contributed by atoms with Crippen LogP contribution in [0.5, 0.6) is 5.75 Å². The number of hydrogen-bond donors (Lipinski definition) is 1. The zero-order chi connectivity index (χ0) is 8.81. The molecule has 12 heavy (non-hydrogen) atoms. The van der Waals surface area contributed by atoms with Crippen molar-refractivity contribution in [2.24, 2.45) is 0 Å². The SMILES string of the molecule is C=CCNc1c[c]c(OC)cc1. The summed E-state index contributed by atoms with van der Waals surface area (Å²) in [5.41, 5.74) is 1.02. The van der Waals surface area contributed by atoms with E-state index in [0.29, 0.717) is 0 Å². The van der Waals surface area contributed by atoms with Crippen LogP contribution in [0.15, 0.2) is 30.9 Å². The lowest BCUT2D eigenvalue weighted by molar-refractivity contribution is 0.414. The van der Waals surface area contributed by atoms with Gasteiger partial charge >= 0.3 is 0 Å². The van der Waals surface area contributed by atoms with Crippen LogP contribution in [-0.4, -0.2) is 13.7 Å². The Bertz CT molecular complexity index is 241. The van der Waals surface area contributed by atoms with Crippen LogP contribution in [-0.2, 0) is 0 Å². The highest BCUT2D eigenvalue weighted by atomic mass is 16.5. The van der Waals surface area contributed by atoms with E-state index >= 15 is 0 Å². The quantitative estimate of drug-likeness (QED) is 0.684. The summed E-state index contributed by atoms with van der Waals surface area (Å²) in [6.07, 6.45) is 1.81. The summed E-state index contributed by atoms with van der Waals surface area (Å²) in [6, 6.07) is 8.64. The standard InChI is InChI=1S/C10H12NO/c1-3-8-11-9-4-6-10(12-2)7-5-9/h3-6,11H,1,8H2,2H3. The smallest absolute Gasteiger partial charge is 0.126 e. The first-order chi connectivity index (χ1) is 5.86. The molecule has 1 N–H and O–H groups in total. The zero-order valence-electron chi connectivity index (χ0n) is 7.13. The Hall–Kier alpha value is -1.44. The fourth-order valence-corrected chi connectivity index (χ4v) is 0.838. The summed E-state index contributed by atoms with van der Waals surface area (Å²) < 4.78 is 4.97. The molecule has 1 radical (unpaired) electrons. The summed E-state index contributed by atoms with van der Waals surface area (Å²) in [5.74, 6) is 0.749. The molecule has 1 rings (SSSR count). The molecular weight excluding hydrogens is 150 g/mol. The minimum absolute atomic E-state index is 0.749. The van der Waals surface area contributed by atoms with Gasteiger partial charge in [-0.2, -0.15) is 0 Å². The Morgan fingerprint density at radius 2 is 2.50 bits per heavy atom. The van der Waals surface area contributed by atoms with Gasteiger partial charge in [0.05, 0.1) is 7.11 Å². The third kappa shape index (κ3) is 2.31. The molecule has 0 saturated carbocycles. The molecule has 0 aliphatic carbocycles. The minimum Gasteiger partial charge on any atom is -0.496 e. The molecule has 63 valence electrons. The molecule has 0 unspecified atom stereocenters. The molecule has 2 heteroatoms. The first-order valence-electron chi connectivity index (χ1n) is 3.77. The zero-order valence-corrected chi connectivity index (χ0v) is 7.13. The predicted octanol–water partition coefficient (Wildman–Crippen LogP) is 2.09. The van der Waals surface area contributed by atoms with E-state index in [0.717, 1.165) is 18.0 Å². The Kier molecular flexibility index (Phi) is 3.20. The third-order valence-electron chi connectivity index (χ3n) is 1.45. The number of ether oxygens (including phenoxy) is 1. The maximum atomic E-state index is 4.97. The average Bonchev–Trinajstić information content (AvgIpc) is 2.15. The molecule has 0 aromatic heterocycles. The molecule has 0 atom stereocenters. The first-order valence-corrected chi connectivity index (χ1v) is 3.77. The molecule has 0 amide bonds. The highest BCUT2D eigenvalue weighted by Gasteiger charge is 1.91. The lowest BCUT2D eigenvalue weighted by Gasteiger charge is -2.03. The van der Waals surface area contributed by atoms with E-state index in [1.54, 1.807) is 7.11 Å². The summed E-state index contributed by atoms with van der Waals surface area (Å²) in [6.45, 7) is 4.38. The molecule has 0 bridgehead atoms. The van der Waals surface area contributed by atoms with Crippen LogP contribution < -0.4 is 10.1 Å². The topological polar surface area (TPSA) is 21.3 Å². The summed E-state index contributed by atoms with van der Waals surface area (Å²) in [5, 5.41) is 3.14. The van der Waals surface area contributed by atoms with Crippen molar-refractivity contribution in [1.29, 1.82) is 0 Å². The number of hydrogen-bond acceptors (Lipinski definition) is 2. The predicted molar refractivity (Wildman–Crippen MR) is 50.5 cm³/mol. The molecule has 0 heterocycles. The molecule has 0 saturated heterocycles. The average molecular weight is 162 g/mol. The largest absolute Gasteiger partial charge is 0.496 e. The number of anilines is 1. The summed E-state index contributed by atoms with van der Waals surface area (Å²) in [7, 11) is 1.63.